The van der Waals surface area contributed by atoms with E-state index in [-0.39, 0.29) is 0 Å². The number of aryl methyl sites for hydroxylation is 1. The number of nitrogens with one attached hydrogen (secondary N) is 1. The van der Waals surface area contributed by atoms with Gasteiger partial charge < -0.3 is 19.0 Å². The maximum atomic E-state index is 3.42. The fourth-order valence-electron chi connectivity index (χ4n) is 4.18. The molecule has 0 aliphatic rings. The van der Waals surface area contributed by atoms with Crippen LogP contribution in [0.15, 0.2) is 73.3 Å². The summed E-state index contributed by atoms with van der Waals surface area (Å²) in [5.41, 5.74) is 7.42. The number of H-pyrrole nitrogens is 1. The topological polar surface area (TPSA) is 28.9 Å². The molecule has 0 aliphatic heterocycles. The van der Waals surface area contributed by atoms with E-state index in [4.69, 9.17) is 0 Å². The Kier molecular flexibility index (Phi) is 3.88. The smallest absolute Gasteiger partial charge is 0.0712 e. The molecule has 4 nitrogen and oxygen atoms in total. The Morgan fingerprint density at radius 1 is 0.857 bits per heavy atom. The van der Waals surface area contributed by atoms with Gasteiger partial charge in [0.2, 0.25) is 0 Å². The van der Waals surface area contributed by atoms with E-state index in [2.05, 4.69) is 113 Å². The lowest BCUT2D eigenvalue weighted by Crippen LogP contribution is -2.10. The first kappa shape index (κ1) is 16.9. The van der Waals surface area contributed by atoms with Gasteiger partial charge in [0.15, 0.2) is 0 Å². The Hall–Kier alpha value is -3.24. The number of fused-ring (bicyclic) bond motifs is 2. The zero-order valence-corrected chi connectivity index (χ0v) is 16.5. The molecule has 0 atom stereocenters. The predicted molar refractivity (Wildman–Crippen MR) is 117 cm³/mol. The van der Waals surface area contributed by atoms with E-state index in [0.29, 0.717) is 0 Å². The number of nitrogens with zero attached hydrogens (tertiary/aromatic N) is 3. The van der Waals surface area contributed by atoms with E-state index in [0.717, 1.165) is 12.1 Å². The van der Waals surface area contributed by atoms with Gasteiger partial charge in [-0.2, -0.15) is 0 Å². The van der Waals surface area contributed by atoms with Gasteiger partial charge in [0.25, 0.3) is 0 Å². The quantitative estimate of drug-likeness (QED) is 0.465. The lowest BCUT2D eigenvalue weighted by atomic mass is 10.1. The molecule has 5 aromatic rings. The van der Waals surface area contributed by atoms with Crippen molar-refractivity contribution < 1.29 is 0 Å². The largest absolute Gasteiger partial charge is 0.361 e. The van der Waals surface area contributed by atoms with Gasteiger partial charge >= 0.3 is 0 Å². The summed E-state index contributed by atoms with van der Waals surface area (Å²) in [7, 11) is 6.33. The van der Waals surface area contributed by atoms with Crippen LogP contribution in [0.5, 0.6) is 0 Å². The SMILES string of the molecule is CN(C)Cc1cn(-c2cn(C)cc2-c2c[nH]c3ccccc23)c2ccccc12. The van der Waals surface area contributed by atoms with E-state index in [1.807, 2.05) is 0 Å². The summed E-state index contributed by atoms with van der Waals surface area (Å²) in [4.78, 5) is 5.64. The van der Waals surface area contributed by atoms with Gasteiger partial charge in [-0.15, -0.1) is 0 Å². The number of hydrogen-bond donors (Lipinski definition) is 1. The molecule has 0 bridgehead atoms. The van der Waals surface area contributed by atoms with E-state index in [9.17, 15) is 0 Å². The fraction of sp³-hybridized carbons (Fsp3) is 0.167. The van der Waals surface area contributed by atoms with Crippen LogP contribution in [0.3, 0.4) is 0 Å². The van der Waals surface area contributed by atoms with Crippen molar-refractivity contribution in [2.75, 3.05) is 14.1 Å². The molecule has 28 heavy (non-hydrogen) atoms. The summed E-state index contributed by atoms with van der Waals surface area (Å²) in [6.45, 7) is 0.919. The number of hydrogen-bond acceptors (Lipinski definition) is 1. The minimum absolute atomic E-state index is 0.919. The molecule has 0 amide bonds. The minimum atomic E-state index is 0.919. The first-order valence-corrected chi connectivity index (χ1v) is 9.58. The molecule has 0 aliphatic carbocycles. The van der Waals surface area contributed by atoms with Gasteiger partial charge in [0, 0.05) is 65.8 Å². The Morgan fingerprint density at radius 3 is 2.43 bits per heavy atom. The van der Waals surface area contributed by atoms with Crippen molar-refractivity contribution in [1.29, 1.82) is 0 Å². The molecule has 3 aromatic heterocycles. The molecule has 0 saturated carbocycles. The minimum Gasteiger partial charge on any atom is -0.361 e. The van der Waals surface area contributed by atoms with E-state index in [1.165, 1.54) is 38.7 Å². The highest BCUT2D eigenvalue weighted by atomic mass is 15.1. The monoisotopic (exact) mass is 368 g/mol. The van der Waals surface area contributed by atoms with Crippen molar-refractivity contribution in [3.8, 4) is 16.8 Å². The van der Waals surface area contributed by atoms with Gasteiger partial charge in [-0.25, -0.2) is 0 Å². The van der Waals surface area contributed by atoms with Crippen molar-refractivity contribution >= 4 is 21.8 Å². The number of para-hydroxylation sites is 2. The Bertz CT molecular complexity index is 1280. The predicted octanol–water partition coefficient (Wildman–Crippen LogP) is 5.18. The normalized spacial score (nSPS) is 11.9. The number of aromatic nitrogens is 3. The molecule has 2 aromatic carbocycles. The highest BCUT2D eigenvalue weighted by molar-refractivity contribution is 5.98. The number of rotatable bonds is 4. The molecule has 0 spiro atoms. The van der Waals surface area contributed by atoms with Gasteiger partial charge in [0.05, 0.1) is 11.2 Å². The van der Waals surface area contributed by atoms with Gasteiger partial charge in [0.1, 0.15) is 0 Å². The van der Waals surface area contributed by atoms with Crippen molar-refractivity contribution in [2.45, 2.75) is 6.54 Å². The summed E-state index contributed by atoms with van der Waals surface area (Å²) in [5.74, 6) is 0. The lowest BCUT2D eigenvalue weighted by molar-refractivity contribution is 0.404. The molecule has 0 radical (unpaired) electrons. The highest BCUT2D eigenvalue weighted by Crippen LogP contribution is 2.36. The molecule has 5 rings (SSSR count). The van der Waals surface area contributed by atoms with Crippen LogP contribution in [-0.4, -0.2) is 33.1 Å². The van der Waals surface area contributed by atoms with Gasteiger partial charge in [-0.3, -0.25) is 0 Å². The first-order chi connectivity index (χ1) is 13.6. The summed E-state index contributed by atoms with van der Waals surface area (Å²) < 4.78 is 4.48. The van der Waals surface area contributed by atoms with Crippen LogP contribution in [-0.2, 0) is 13.6 Å². The molecular weight excluding hydrogens is 344 g/mol. The average Bonchev–Trinajstić information content (AvgIpc) is 3.36. The van der Waals surface area contributed by atoms with Crippen LogP contribution >= 0.6 is 0 Å². The summed E-state index contributed by atoms with van der Waals surface area (Å²) in [6, 6.07) is 17.2. The zero-order valence-electron chi connectivity index (χ0n) is 16.5. The van der Waals surface area contributed by atoms with Crippen LogP contribution in [0.4, 0.5) is 0 Å². The van der Waals surface area contributed by atoms with Crippen LogP contribution in [0.2, 0.25) is 0 Å². The molecule has 0 fully saturated rings. The van der Waals surface area contributed by atoms with Crippen molar-refractivity contribution in [2.24, 2.45) is 7.05 Å². The second kappa shape index (κ2) is 6.43. The number of aromatic amines is 1. The highest BCUT2D eigenvalue weighted by Gasteiger charge is 2.17. The standard InChI is InChI=1S/C24H24N4/c1-26(2)13-17-14-28(23-11-7-5-8-18(17)23)24-16-27(3)15-21(24)20-12-25-22-10-6-4-9-19(20)22/h4-12,14-16,25H,13H2,1-3H3. The van der Waals surface area contributed by atoms with Gasteiger partial charge in [-0.1, -0.05) is 36.4 Å². The summed E-state index contributed by atoms with van der Waals surface area (Å²) >= 11 is 0. The second-order valence-corrected chi connectivity index (χ2v) is 7.75. The second-order valence-electron chi connectivity index (χ2n) is 7.75. The molecule has 3 heterocycles. The van der Waals surface area contributed by atoms with Crippen molar-refractivity contribution in [3.05, 3.63) is 78.9 Å². The Morgan fingerprint density at radius 2 is 1.61 bits per heavy atom. The van der Waals surface area contributed by atoms with Gasteiger partial charge in [-0.05, 0) is 31.8 Å². The van der Waals surface area contributed by atoms with Crippen LogP contribution < -0.4 is 0 Å². The molecule has 0 unspecified atom stereocenters. The maximum Gasteiger partial charge on any atom is 0.0712 e. The third-order valence-electron chi connectivity index (χ3n) is 5.35. The summed E-state index contributed by atoms with van der Waals surface area (Å²) in [6.07, 6.45) is 8.84. The van der Waals surface area contributed by atoms with Crippen LogP contribution in [0.1, 0.15) is 5.56 Å². The Balaban J connectivity index is 1.76. The van der Waals surface area contributed by atoms with Crippen molar-refractivity contribution in [1.82, 2.24) is 19.0 Å². The summed E-state index contributed by atoms with van der Waals surface area (Å²) in [5, 5.41) is 2.56. The average molecular weight is 368 g/mol. The lowest BCUT2D eigenvalue weighted by Gasteiger charge is -2.08. The molecule has 1 N–H and O–H groups in total. The molecule has 140 valence electrons. The third kappa shape index (κ3) is 2.65. The van der Waals surface area contributed by atoms with Crippen LogP contribution in [0, 0.1) is 0 Å². The van der Waals surface area contributed by atoms with Crippen LogP contribution in [0.25, 0.3) is 38.6 Å². The number of benzene rings is 2. The zero-order chi connectivity index (χ0) is 19.3. The van der Waals surface area contributed by atoms with Crippen molar-refractivity contribution in [3.63, 3.8) is 0 Å². The molecule has 0 saturated heterocycles. The maximum absolute atomic E-state index is 3.42. The Labute approximate surface area is 164 Å². The first-order valence-electron chi connectivity index (χ1n) is 9.58. The third-order valence-corrected chi connectivity index (χ3v) is 5.35. The van der Waals surface area contributed by atoms with E-state index >= 15 is 0 Å². The molecule has 4 heteroatoms. The van der Waals surface area contributed by atoms with E-state index < -0.39 is 0 Å². The van der Waals surface area contributed by atoms with E-state index in [1.54, 1.807) is 0 Å². The molecular formula is C24H24N4. The fourth-order valence-corrected chi connectivity index (χ4v) is 4.18.